The second-order valence-corrected chi connectivity index (χ2v) is 6.77. The van der Waals surface area contributed by atoms with Crippen LogP contribution in [0.1, 0.15) is 48.5 Å². The van der Waals surface area contributed by atoms with Crippen LogP contribution >= 0.6 is 12.2 Å². The van der Waals surface area contributed by atoms with Crippen molar-refractivity contribution in [3.8, 4) is 0 Å². The van der Waals surface area contributed by atoms with E-state index in [2.05, 4.69) is 22.9 Å². The molecule has 0 spiro atoms. The first kappa shape index (κ1) is 20.6. The summed E-state index contributed by atoms with van der Waals surface area (Å²) in [5.41, 5.74) is 3.00. The highest BCUT2D eigenvalue weighted by molar-refractivity contribution is 7.80. The molecule has 5 nitrogen and oxygen atoms in total. The Kier molecular flexibility index (Phi) is 7.95. The van der Waals surface area contributed by atoms with Crippen LogP contribution in [0.5, 0.6) is 0 Å². The molecule has 0 unspecified atom stereocenters. The van der Waals surface area contributed by atoms with Gasteiger partial charge >= 0.3 is 0 Å². The van der Waals surface area contributed by atoms with E-state index >= 15 is 0 Å². The summed E-state index contributed by atoms with van der Waals surface area (Å²) in [4.78, 5) is 24.1. The Bertz CT molecular complexity index is 803. The van der Waals surface area contributed by atoms with Crippen molar-refractivity contribution in [3.05, 3.63) is 59.7 Å². The van der Waals surface area contributed by atoms with Crippen molar-refractivity contribution in [2.75, 3.05) is 10.6 Å². The lowest BCUT2D eigenvalue weighted by atomic mass is 10.1. The fraction of sp³-hybridized carbons (Fsp3) is 0.286. The first-order valence-electron chi connectivity index (χ1n) is 9.07. The van der Waals surface area contributed by atoms with Crippen molar-refractivity contribution in [2.45, 2.75) is 39.5 Å². The molecule has 6 heteroatoms. The van der Waals surface area contributed by atoms with Crippen LogP contribution in [0.3, 0.4) is 0 Å². The van der Waals surface area contributed by atoms with Gasteiger partial charge in [-0.25, -0.2) is 0 Å². The Morgan fingerprint density at radius 1 is 0.963 bits per heavy atom. The molecule has 0 aromatic heterocycles. The molecule has 0 saturated heterocycles. The van der Waals surface area contributed by atoms with Crippen molar-refractivity contribution < 1.29 is 9.59 Å². The number of carbonyl (C=O) groups is 2. The zero-order chi connectivity index (χ0) is 19.6. The van der Waals surface area contributed by atoms with Crippen LogP contribution in [0.2, 0.25) is 0 Å². The van der Waals surface area contributed by atoms with Gasteiger partial charge in [0.25, 0.3) is 5.91 Å². The van der Waals surface area contributed by atoms with Gasteiger partial charge in [0, 0.05) is 23.4 Å². The smallest absolute Gasteiger partial charge is 0.257 e. The van der Waals surface area contributed by atoms with E-state index in [9.17, 15) is 9.59 Å². The summed E-state index contributed by atoms with van der Waals surface area (Å²) in [7, 11) is 0. The average molecular weight is 384 g/mol. The van der Waals surface area contributed by atoms with Crippen LogP contribution < -0.4 is 16.0 Å². The van der Waals surface area contributed by atoms with Crippen LogP contribution in [0.25, 0.3) is 0 Å². The summed E-state index contributed by atoms with van der Waals surface area (Å²) in [5.74, 6) is -0.274. The third-order valence-corrected chi connectivity index (χ3v) is 4.16. The molecule has 0 radical (unpaired) electrons. The summed E-state index contributed by atoms with van der Waals surface area (Å²) in [5, 5.41) is 8.70. The van der Waals surface area contributed by atoms with Crippen LogP contribution in [-0.4, -0.2) is 16.9 Å². The lowest BCUT2D eigenvalue weighted by Gasteiger charge is -2.11. The van der Waals surface area contributed by atoms with Crippen LogP contribution in [0.15, 0.2) is 48.5 Å². The van der Waals surface area contributed by atoms with Crippen LogP contribution in [0.4, 0.5) is 11.4 Å². The summed E-state index contributed by atoms with van der Waals surface area (Å²) >= 11 is 5.21. The highest BCUT2D eigenvalue weighted by atomic mass is 32.1. The molecule has 0 atom stereocenters. The standard InChI is InChI=1S/C21H25N3O2S/c1-3-4-5-9-19(25)22-17-7-6-8-18(14-17)23-21(27)24-20(26)16-12-10-15(2)11-13-16/h6-8,10-14H,3-5,9H2,1-2H3,(H,22,25)(H2,23,24,26,27). The van der Waals surface area contributed by atoms with Crippen molar-refractivity contribution in [2.24, 2.45) is 0 Å². The highest BCUT2D eigenvalue weighted by Crippen LogP contribution is 2.16. The van der Waals surface area contributed by atoms with E-state index in [1.807, 2.05) is 37.3 Å². The number of aryl methyl sites for hydroxylation is 1. The fourth-order valence-electron chi connectivity index (χ4n) is 2.48. The predicted molar refractivity (Wildman–Crippen MR) is 114 cm³/mol. The SMILES string of the molecule is CCCCCC(=O)Nc1cccc(NC(=S)NC(=O)c2ccc(C)cc2)c1. The number of hydrogen-bond acceptors (Lipinski definition) is 3. The Labute approximate surface area is 165 Å². The molecular formula is C21H25N3O2S. The van der Waals surface area contributed by atoms with Gasteiger partial charge in [0.05, 0.1) is 0 Å². The minimum absolute atomic E-state index is 0.00384. The van der Waals surface area contributed by atoms with Gasteiger partial charge in [0.2, 0.25) is 5.91 Å². The largest absolute Gasteiger partial charge is 0.332 e. The molecule has 0 saturated carbocycles. The maximum absolute atomic E-state index is 12.2. The Morgan fingerprint density at radius 3 is 2.30 bits per heavy atom. The van der Waals surface area contributed by atoms with E-state index in [4.69, 9.17) is 12.2 Å². The Balaban J connectivity index is 1.89. The third-order valence-electron chi connectivity index (χ3n) is 3.95. The quantitative estimate of drug-likeness (QED) is 0.481. The molecule has 2 aromatic rings. The molecule has 2 amide bonds. The molecule has 0 bridgehead atoms. The number of rotatable bonds is 7. The minimum Gasteiger partial charge on any atom is -0.332 e. The number of anilines is 2. The topological polar surface area (TPSA) is 70.2 Å². The van der Waals surface area contributed by atoms with Gasteiger partial charge in [-0.3, -0.25) is 14.9 Å². The van der Waals surface area contributed by atoms with Gasteiger partial charge in [0.1, 0.15) is 0 Å². The first-order chi connectivity index (χ1) is 13.0. The summed E-state index contributed by atoms with van der Waals surface area (Å²) in [6, 6.07) is 14.5. The van der Waals surface area contributed by atoms with E-state index in [-0.39, 0.29) is 16.9 Å². The molecule has 27 heavy (non-hydrogen) atoms. The number of carbonyl (C=O) groups excluding carboxylic acids is 2. The van der Waals surface area contributed by atoms with Crippen molar-refractivity contribution in [3.63, 3.8) is 0 Å². The van der Waals surface area contributed by atoms with Crippen molar-refractivity contribution in [1.82, 2.24) is 5.32 Å². The van der Waals surface area contributed by atoms with E-state index in [1.54, 1.807) is 18.2 Å². The monoisotopic (exact) mass is 383 g/mol. The molecule has 0 aliphatic heterocycles. The van der Waals surface area contributed by atoms with E-state index in [1.165, 1.54) is 0 Å². The number of hydrogen-bond donors (Lipinski definition) is 3. The Hall–Kier alpha value is -2.73. The first-order valence-corrected chi connectivity index (χ1v) is 9.47. The summed E-state index contributed by atoms with van der Waals surface area (Å²) in [6.45, 7) is 4.07. The van der Waals surface area contributed by atoms with E-state index < -0.39 is 0 Å². The maximum atomic E-state index is 12.2. The normalized spacial score (nSPS) is 10.1. The molecule has 0 fully saturated rings. The van der Waals surface area contributed by atoms with Crippen LogP contribution in [0, 0.1) is 6.92 Å². The molecule has 0 heterocycles. The number of amides is 2. The lowest BCUT2D eigenvalue weighted by Crippen LogP contribution is -2.34. The summed E-state index contributed by atoms with van der Waals surface area (Å²) in [6.07, 6.45) is 3.52. The molecule has 3 N–H and O–H groups in total. The zero-order valence-electron chi connectivity index (χ0n) is 15.7. The van der Waals surface area contributed by atoms with E-state index in [0.717, 1.165) is 24.8 Å². The second-order valence-electron chi connectivity index (χ2n) is 6.36. The third kappa shape index (κ3) is 7.19. The van der Waals surface area contributed by atoms with Gasteiger partial charge < -0.3 is 10.6 Å². The summed E-state index contributed by atoms with van der Waals surface area (Å²) < 4.78 is 0. The molecule has 0 aliphatic carbocycles. The molecule has 2 aromatic carbocycles. The second kappa shape index (κ2) is 10.4. The average Bonchev–Trinajstić information content (AvgIpc) is 2.62. The van der Waals surface area contributed by atoms with Gasteiger partial charge in [-0.1, -0.05) is 43.5 Å². The number of thiocarbonyl (C=S) groups is 1. The number of unbranched alkanes of at least 4 members (excludes halogenated alkanes) is 2. The maximum Gasteiger partial charge on any atom is 0.257 e. The Morgan fingerprint density at radius 2 is 1.63 bits per heavy atom. The predicted octanol–water partition coefficient (Wildman–Crippen LogP) is 4.64. The zero-order valence-corrected chi connectivity index (χ0v) is 16.5. The lowest BCUT2D eigenvalue weighted by molar-refractivity contribution is -0.116. The number of nitrogens with one attached hydrogen (secondary N) is 3. The van der Waals surface area contributed by atoms with E-state index in [0.29, 0.717) is 23.4 Å². The van der Waals surface area contributed by atoms with Gasteiger partial charge in [-0.2, -0.15) is 0 Å². The van der Waals surface area contributed by atoms with Crippen LogP contribution in [-0.2, 0) is 4.79 Å². The number of benzene rings is 2. The van der Waals surface area contributed by atoms with Gasteiger partial charge in [0.15, 0.2) is 5.11 Å². The van der Waals surface area contributed by atoms with Crippen molar-refractivity contribution in [1.29, 1.82) is 0 Å². The molecular weight excluding hydrogens is 358 g/mol. The molecule has 0 aliphatic rings. The highest BCUT2D eigenvalue weighted by Gasteiger charge is 2.08. The fourth-order valence-corrected chi connectivity index (χ4v) is 2.69. The molecule has 2 rings (SSSR count). The minimum atomic E-state index is -0.270. The molecule has 142 valence electrons. The van der Waals surface area contributed by atoms with Crippen molar-refractivity contribution >= 4 is 40.5 Å². The van der Waals surface area contributed by atoms with Gasteiger partial charge in [-0.15, -0.1) is 0 Å². The van der Waals surface area contributed by atoms with Gasteiger partial charge in [-0.05, 0) is 55.9 Å².